The first-order valence-electron chi connectivity index (χ1n) is 6.19. The molecule has 108 valence electrons. The fourth-order valence-corrected chi connectivity index (χ4v) is 2.14. The summed E-state index contributed by atoms with van der Waals surface area (Å²) < 4.78 is 6.66. The molecule has 6 heteroatoms. The molecule has 0 aliphatic heterocycles. The Morgan fingerprint density at radius 2 is 2.16 bits per heavy atom. The van der Waals surface area contributed by atoms with Crippen LogP contribution < -0.4 is 10.5 Å². The molecule has 0 bridgehead atoms. The molecule has 0 saturated carbocycles. The van der Waals surface area contributed by atoms with E-state index >= 15 is 0 Å². The van der Waals surface area contributed by atoms with Crippen molar-refractivity contribution in [3.63, 3.8) is 0 Å². The summed E-state index contributed by atoms with van der Waals surface area (Å²) in [6.45, 7) is 6.88. The molecule has 19 heavy (non-hydrogen) atoms. The van der Waals surface area contributed by atoms with Gasteiger partial charge in [-0.2, -0.15) is 0 Å². The minimum Gasteiger partial charge on any atom is -0.383 e. The van der Waals surface area contributed by atoms with E-state index in [9.17, 15) is 4.79 Å². The molecule has 0 aliphatic rings. The van der Waals surface area contributed by atoms with Gasteiger partial charge in [-0.3, -0.25) is 4.79 Å². The predicted octanol–water partition coefficient (Wildman–Crippen LogP) is 1.69. The zero-order valence-electron chi connectivity index (χ0n) is 12.2. The minimum absolute atomic E-state index is 0.112. The summed E-state index contributed by atoms with van der Waals surface area (Å²) in [6, 6.07) is 0. The molecule has 1 heterocycles. The van der Waals surface area contributed by atoms with Crippen molar-refractivity contribution in [1.29, 1.82) is 0 Å². The highest BCUT2D eigenvalue weighted by atomic mass is 35.5. The first kappa shape index (κ1) is 16.0. The molecule has 0 aliphatic carbocycles. The third-order valence-electron chi connectivity index (χ3n) is 2.73. The Bertz CT molecular complexity index is 468. The molecule has 1 rings (SSSR count). The normalized spacial score (nSPS) is 13.4. The summed E-state index contributed by atoms with van der Waals surface area (Å²) in [5, 5.41) is -0.181. The van der Waals surface area contributed by atoms with Gasteiger partial charge in [0.1, 0.15) is 0 Å². The van der Waals surface area contributed by atoms with Gasteiger partial charge >= 0.3 is 0 Å². The molecule has 1 atom stereocenters. The average Bonchev–Trinajstić information content (AvgIpc) is 2.27. The number of aromatic nitrogens is 2. The van der Waals surface area contributed by atoms with Crippen molar-refractivity contribution in [2.24, 2.45) is 0 Å². The molecule has 0 spiro atoms. The molecule has 0 saturated heterocycles. The number of methoxy groups -OCH3 is 1. The van der Waals surface area contributed by atoms with Crippen LogP contribution in [-0.4, -0.2) is 42.2 Å². The average molecular weight is 288 g/mol. The van der Waals surface area contributed by atoms with Crippen LogP contribution in [0.1, 0.15) is 20.8 Å². The smallest absolute Gasteiger partial charge is 0.293 e. The molecule has 5 nitrogen and oxygen atoms in total. The van der Waals surface area contributed by atoms with E-state index in [0.717, 1.165) is 0 Å². The van der Waals surface area contributed by atoms with E-state index in [1.54, 1.807) is 29.0 Å². The van der Waals surface area contributed by atoms with E-state index in [0.29, 0.717) is 19.0 Å². The van der Waals surface area contributed by atoms with Crippen LogP contribution in [0.25, 0.3) is 0 Å². The van der Waals surface area contributed by atoms with Crippen LogP contribution in [0.3, 0.4) is 0 Å². The van der Waals surface area contributed by atoms with Gasteiger partial charge in [0.15, 0.2) is 5.82 Å². The van der Waals surface area contributed by atoms with E-state index in [4.69, 9.17) is 16.3 Å². The van der Waals surface area contributed by atoms with Gasteiger partial charge in [0.25, 0.3) is 5.56 Å². The maximum atomic E-state index is 12.4. The first-order chi connectivity index (χ1) is 8.77. The number of halogens is 1. The van der Waals surface area contributed by atoms with Crippen molar-refractivity contribution in [3.05, 3.63) is 22.7 Å². The molecule has 0 N–H and O–H groups in total. The Kier molecular flexibility index (Phi) is 5.38. The van der Waals surface area contributed by atoms with Crippen molar-refractivity contribution in [2.45, 2.75) is 31.7 Å². The summed E-state index contributed by atoms with van der Waals surface area (Å²) >= 11 is 6.10. The maximum absolute atomic E-state index is 12.4. The zero-order valence-corrected chi connectivity index (χ0v) is 12.9. The van der Waals surface area contributed by atoms with Crippen LogP contribution in [0.2, 0.25) is 0 Å². The second kappa shape index (κ2) is 6.39. The van der Waals surface area contributed by atoms with Gasteiger partial charge in [-0.25, -0.2) is 4.98 Å². The largest absolute Gasteiger partial charge is 0.383 e. The second-order valence-corrected chi connectivity index (χ2v) is 6.15. The van der Waals surface area contributed by atoms with E-state index in [-0.39, 0.29) is 16.5 Å². The number of alkyl halides is 1. The highest BCUT2D eigenvalue weighted by Crippen LogP contribution is 2.12. The third-order valence-corrected chi connectivity index (χ3v) is 2.99. The number of anilines is 1. The van der Waals surface area contributed by atoms with Crippen molar-refractivity contribution < 1.29 is 4.74 Å². The van der Waals surface area contributed by atoms with E-state index in [2.05, 4.69) is 4.98 Å². The van der Waals surface area contributed by atoms with E-state index < -0.39 is 0 Å². The molecule has 1 unspecified atom stereocenters. The number of nitrogens with zero attached hydrogens (tertiary/aromatic N) is 3. The first-order valence-corrected chi connectivity index (χ1v) is 6.63. The van der Waals surface area contributed by atoms with E-state index in [1.165, 1.54) is 0 Å². The molecule has 0 radical (unpaired) electrons. The monoisotopic (exact) mass is 287 g/mol. The van der Waals surface area contributed by atoms with Crippen LogP contribution in [-0.2, 0) is 10.3 Å². The highest BCUT2D eigenvalue weighted by molar-refractivity contribution is 6.21. The SMILES string of the molecule is COCC(Cl)CN(C)c1nccn(C(C)(C)C)c1=O. The molecule has 1 aromatic heterocycles. The second-order valence-electron chi connectivity index (χ2n) is 5.53. The lowest BCUT2D eigenvalue weighted by Crippen LogP contribution is -2.39. The van der Waals surface area contributed by atoms with Crippen LogP contribution in [0.4, 0.5) is 5.82 Å². The Hall–Kier alpha value is -1.07. The molecular weight excluding hydrogens is 266 g/mol. The van der Waals surface area contributed by atoms with Gasteiger partial charge in [0, 0.05) is 38.6 Å². The van der Waals surface area contributed by atoms with Crippen molar-refractivity contribution >= 4 is 17.4 Å². The lowest BCUT2D eigenvalue weighted by molar-refractivity contribution is 0.199. The van der Waals surface area contributed by atoms with Crippen LogP contribution >= 0.6 is 11.6 Å². The number of ether oxygens (including phenoxy) is 1. The Labute approximate surface area is 119 Å². The number of rotatable bonds is 5. The zero-order chi connectivity index (χ0) is 14.6. The summed E-state index contributed by atoms with van der Waals surface area (Å²) in [4.78, 5) is 18.3. The third kappa shape index (κ3) is 4.21. The summed E-state index contributed by atoms with van der Waals surface area (Å²) in [6.07, 6.45) is 3.34. The van der Waals surface area contributed by atoms with Crippen LogP contribution in [0.15, 0.2) is 17.2 Å². The fourth-order valence-electron chi connectivity index (χ4n) is 1.81. The van der Waals surface area contributed by atoms with Gasteiger partial charge in [-0.1, -0.05) is 0 Å². The quantitative estimate of drug-likeness (QED) is 0.773. The van der Waals surface area contributed by atoms with Crippen molar-refractivity contribution in [2.75, 3.05) is 32.2 Å². The van der Waals surface area contributed by atoms with Crippen molar-refractivity contribution in [3.8, 4) is 0 Å². The molecule has 0 aromatic carbocycles. The van der Waals surface area contributed by atoms with Gasteiger partial charge in [0.05, 0.1) is 12.0 Å². The lowest BCUT2D eigenvalue weighted by Gasteiger charge is -2.25. The van der Waals surface area contributed by atoms with Gasteiger partial charge < -0.3 is 14.2 Å². The van der Waals surface area contributed by atoms with Gasteiger partial charge in [-0.15, -0.1) is 11.6 Å². The lowest BCUT2D eigenvalue weighted by atomic mass is 10.1. The molecule has 0 fully saturated rings. The fraction of sp³-hybridized carbons (Fsp3) is 0.692. The molecule has 0 amide bonds. The predicted molar refractivity (Wildman–Crippen MR) is 78.3 cm³/mol. The number of hydrogen-bond acceptors (Lipinski definition) is 4. The number of hydrogen-bond donors (Lipinski definition) is 0. The topological polar surface area (TPSA) is 47.4 Å². The minimum atomic E-state index is -0.275. The van der Waals surface area contributed by atoms with Crippen molar-refractivity contribution in [1.82, 2.24) is 9.55 Å². The Morgan fingerprint density at radius 3 is 2.68 bits per heavy atom. The highest BCUT2D eigenvalue weighted by Gasteiger charge is 2.19. The summed E-state index contributed by atoms with van der Waals surface area (Å²) in [7, 11) is 3.41. The summed E-state index contributed by atoms with van der Waals surface area (Å²) in [5.41, 5.74) is -0.388. The maximum Gasteiger partial charge on any atom is 0.293 e. The molecule has 1 aromatic rings. The van der Waals surface area contributed by atoms with Gasteiger partial charge in [0.2, 0.25) is 0 Å². The van der Waals surface area contributed by atoms with E-state index in [1.807, 2.05) is 27.8 Å². The standard InChI is InChI=1S/C13H22ClN3O2/c1-13(2,3)17-7-6-15-11(12(17)18)16(4)8-10(14)9-19-5/h6-7,10H,8-9H2,1-5H3. The molecular formula is C13H22ClN3O2. The Balaban J connectivity index is 2.99. The summed E-state index contributed by atoms with van der Waals surface area (Å²) in [5.74, 6) is 0.402. The van der Waals surface area contributed by atoms with Crippen LogP contribution in [0.5, 0.6) is 0 Å². The Morgan fingerprint density at radius 1 is 1.53 bits per heavy atom. The van der Waals surface area contributed by atoms with Crippen LogP contribution in [0, 0.1) is 0 Å². The van der Waals surface area contributed by atoms with Gasteiger partial charge in [-0.05, 0) is 20.8 Å².